The minimum Gasteiger partial charge on any atom is -0.369 e. The molecule has 0 radical (unpaired) electrons. The summed E-state index contributed by atoms with van der Waals surface area (Å²) in [5.74, 6) is 0.978. The SMILES string of the molecule is Clc1cccc(CCNc2ncnc3sc4c(c23)CCC4)c1. The van der Waals surface area contributed by atoms with Crippen LogP contribution in [0.15, 0.2) is 30.6 Å². The summed E-state index contributed by atoms with van der Waals surface area (Å²) in [6.45, 7) is 0.844. The molecule has 1 aromatic carbocycles. The highest BCUT2D eigenvalue weighted by Gasteiger charge is 2.20. The first kappa shape index (κ1) is 14.0. The van der Waals surface area contributed by atoms with E-state index in [1.165, 1.54) is 34.2 Å². The molecule has 0 saturated carbocycles. The minimum absolute atomic E-state index is 0.789. The standard InChI is InChI=1S/C17H16ClN3S/c18-12-4-1-3-11(9-12)7-8-19-16-15-13-5-2-6-14(13)22-17(15)21-10-20-16/h1,3-4,9-10H,2,5-8H2,(H,19,20,21). The van der Waals surface area contributed by atoms with Crippen molar-refractivity contribution >= 4 is 39.0 Å². The van der Waals surface area contributed by atoms with Gasteiger partial charge in [-0.3, -0.25) is 0 Å². The second-order valence-corrected chi connectivity index (χ2v) is 7.09. The van der Waals surface area contributed by atoms with E-state index < -0.39 is 0 Å². The molecule has 2 heterocycles. The van der Waals surface area contributed by atoms with Gasteiger partial charge in [0.25, 0.3) is 0 Å². The predicted molar refractivity (Wildman–Crippen MR) is 93.1 cm³/mol. The number of thiophene rings is 1. The molecule has 1 aliphatic rings. The number of hydrogen-bond acceptors (Lipinski definition) is 4. The molecule has 0 amide bonds. The molecule has 0 fully saturated rings. The second kappa shape index (κ2) is 5.86. The Morgan fingerprint density at radius 2 is 2.18 bits per heavy atom. The molecule has 0 aliphatic heterocycles. The van der Waals surface area contributed by atoms with E-state index in [0.29, 0.717) is 0 Å². The van der Waals surface area contributed by atoms with Crippen molar-refractivity contribution in [2.75, 3.05) is 11.9 Å². The predicted octanol–water partition coefficient (Wildman–Crippen LogP) is 4.49. The second-order valence-electron chi connectivity index (χ2n) is 5.57. The van der Waals surface area contributed by atoms with E-state index in [4.69, 9.17) is 11.6 Å². The third-order valence-corrected chi connectivity index (χ3v) is 5.53. The molecular weight excluding hydrogens is 314 g/mol. The van der Waals surface area contributed by atoms with E-state index in [1.807, 2.05) is 29.5 Å². The number of aryl methyl sites for hydroxylation is 2. The molecule has 2 aromatic heterocycles. The molecule has 3 nitrogen and oxygen atoms in total. The van der Waals surface area contributed by atoms with E-state index in [0.717, 1.165) is 35.1 Å². The fraction of sp³-hybridized carbons (Fsp3) is 0.294. The fourth-order valence-electron chi connectivity index (χ4n) is 3.08. The van der Waals surface area contributed by atoms with Gasteiger partial charge in [0.15, 0.2) is 0 Å². The first-order chi connectivity index (χ1) is 10.8. The summed E-state index contributed by atoms with van der Waals surface area (Å²) in [4.78, 5) is 11.5. The number of anilines is 1. The van der Waals surface area contributed by atoms with E-state index in [9.17, 15) is 0 Å². The van der Waals surface area contributed by atoms with Gasteiger partial charge in [0.1, 0.15) is 17.0 Å². The Labute approximate surface area is 138 Å². The van der Waals surface area contributed by atoms with Crippen molar-refractivity contribution < 1.29 is 0 Å². The van der Waals surface area contributed by atoms with Crippen molar-refractivity contribution in [2.45, 2.75) is 25.7 Å². The van der Waals surface area contributed by atoms with Crippen LogP contribution in [0.4, 0.5) is 5.82 Å². The van der Waals surface area contributed by atoms with Crippen LogP contribution in [-0.2, 0) is 19.3 Å². The van der Waals surface area contributed by atoms with Crippen LogP contribution in [0.1, 0.15) is 22.4 Å². The highest BCUT2D eigenvalue weighted by atomic mass is 35.5. The normalized spacial score (nSPS) is 13.5. The third-order valence-electron chi connectivity index (χ3n) is 4.10. The first-order valence-corrected chi connectivity index (χ1v) is 8.74. The molecule has 0 bridgehead atoms. The minimum atomic E-state index is 0.789. The van der Waals surface area contributed by atoms with Crippen LogP contribution in [-0.4, -0.2) is 16.5 Å². The third kappa shape index (κ3) is 2.57. The van der Waals surface area contributed by atoms with Crippen molar-refractivity contribution in [3.05, 3.63) is 51.6 Å². The number of benzene rings is 1. The molecule has 112 valence electrons. The zero-order valence-corrected chi connectivity index (χ0v) is 13.7. The maximum Gasteiger partial charge on any atom is 0.138 e. The summed E-state index contributed by atoms with van der Waals surface area (Å²) in [5, 5.41) is 5.52. The Hall–Kier alpha value is -1.65. The summed E-state index contributed by atoms with van der Waals surface area (Å²) in [6.07, 6.45) is 6.20. The maximum atomic E-state index is 6.03. The molecule has 4 rings (SSSR count). The Balaban J connectivity index is 1.54. The highest BCUT2D eigenvalue weighted by molar-refractivity contribution is 7.19. The molecule has 3 aromatic rings. The molecule has 0 unspecified atom stereocenters. The average molecular weight is 330 g/mol. The first-order valence-electron chi connectivity index (χ1n) is 7.55. The van der Waals surface area contributed by atoms with Crippen LogP contribution in [0.2, 0.25) is 5.02 Å². The lowest BCUT2D eigenvalue weighted by Crippen LogP contribution is -2.07. The molecule has 1 N–H and O–H groups in total. The van der Waals surface area contributed by atoms with Crippen LogP contribution in [0.5, 0.6) is 0 Å². The van der Waals surface area contributed by atoms with Crippen molar-refractivity contribution in [2.24, 2.45) is 0 Å². The summed E-state index contributed by atoms with van der Waals surface area (Å²) in [7, 11) is 0. The van der Waals surface area contributed by atoms with Gasteiger partial charge in [0, 0.05) is 16.4 Å². The molecule has 0 spiro atoms. The quantitative estimate of drug-likeness (QED) is 0.766. The van der Waals surface area contributed by atoms with Crippen LogP contribution in [0.25, 0.3) is 10.2 Å². The van der Waals surface area contributed by atoms with Crippen molar-refractivity contribution in [3.8, 4) is 0 Å². The monoisotopic (exact) mass is 329 g/mol. The number of nitrogens with zero attached hydrogens (tertiary/aromatic N) is 2. The van der Waals surface area contributed by atoms with Gasteiger partial charge in [-0.05, 0) is 48.9 Å². The van der Waals surface area contributed by atoms with Crippen molar-refractivity contribution in [1.82, 2.24) is 9.97 Å². The zero-order valence-electron chi connectivity index (χ0n) is 12.1. The van der Waals surface area contributed by atoms with Gasteiger partial charge in [-0.25, -0.2) is 9.97 Å². The topological polar surface area (TPSA) is 37.8 Å². The molecular formula is C17H16ClN3S. The lowest BCUT2D eigenvalue weighted by atomic mass is 10.1. The number of nitrogens with one attached hydrogen (secondary N) is 1. The summed E-state index contributed by atoms with van der Waals surface area (Å²) < 4.78 is 0. The van der Waals surface area contributed by atoms with Crippen LogP contribution < -0.4 is 5.32 Å². The van der Waals surface area contributed by atoms with Crippen LogP contribution in [0.3, 0.4) is 0 Å². The van der Waals surface area contributed by atoms with Crippen molar-refractivity contribution in [3.63, 3.8) is 0 Å². The molecule has 5 heteroatoms. The van der Waals surface area contributed by atoms with Gasteiger partial charge < -0.3 is 5.32 Å². The number of rotatable bonds is 4. The lowest BCUT2D eigenvalue weighted by Gasteiger charge is -2.08. The summed E-state index contributed by atoms with van der Waals surface area (Å²) in [6, 6.07) is 8.01. The van der Waals surface area contributed by atoms with Crippen LogP contribution >= 0.6 is 22.9 Å². The Bertz CT molecular complexity index is 828. The number of aromatic nitrogens is 2. The molecule has 0 atom stereocenters. The number of halogens is 1. The Morgan fingerprint density at radius 1 is 1.23 bits per heavy atom. The van der Waals surface area contributed by atoms with Crippen LogP contribution in [0, 0.1) is 0 Å². The van der Waals surface area contributed by atoms with Gasteiger partial charge in [-0.15, -0.1) is 11.3 Å². The van der Waals surface area contributed by atoms with E-state index >= 15 is 0 Å². The van der Waals surface area contributed by atoms with Gasteiger partial charge in [0.05, 0.1) is 5.39 Å². The van der Waals surface area contributed by atoms with Crippen molar-refractivity contribution in [1.29, 1.82) is 0 Å². The number of fused-ring (bicyclic) bond motifs is 3. The zero-order chi connectivity index (χ0) is 14.9. The molecule has 0 saturated heterocycles. The van der Waals surface area contributed by atoms with Gasteiger partial charge in [-0.2, -0.15) is 0 Å². The van der Waals surface area contributed by atoms with Gasteiger partial charge in [0.2, 0.25) is 0 Å². The highest BCUT2D eigenvalue weighted by Crippen LogP contribution is 2.38. The summed E-state index contributed by atoms with van der Waals surface area (Å²) >= 11 is 7.85. The number of hydrogen-bond donors (Lipinski definition) is 1. The maximum absolute atomic E-state index is 6.03. The summed E-state index contributed by atoms with van der Waals surface area (Å²) in [5.41, 5.74) is 2.70. The lowest BCUT2D eigenvalue weighted by molar-refractivity contribution is 0.916. The van der Waals surface area contributed by atoms with E-state index in [2.05, 4.69) is 21.4 Å². The van der Waals surface area contributed by atoms with E-state index in [-0.39, 0.29) is 0 Å². The smallest absolute Gasteiger partial charge is 0.138 e. The average Bonchev–Trinajstić information content (AvgIpc) is 3.08. The largest absolute Gasteiger partial charge is 0.369 e. The molecule has 1 aliphatic carbocycles. The van der Waals surface area contributed by atoms with Gasteiger partial charge in [-0.1, -0.05) is 23.7 Å². The van der Waals surface area contributed by atoms with Gasteiger partial charge >= 0.3 is 0 Å². The van der Waals surface area contributed by atoms with E-state index in [1.54, 1.807) is 6.33 Å². The molecule has 22 heavy (non-hydrogen) atoms. The Morgan fingerprint density at radius 3 is 3.09 bits per heavy atom. The fourth-order valence-corrected chi connectivity index (χ4v) is 4.52. The Kier molecular flexibility index (Phi) is 3.72.